The van der Waals surface area contributed by atoms with Crippen LogP contribution in [0.2, 0.25) is 5.02 Å². The molecule has 0 bridgehead atoms. The van der Waals surface area contributed by atoms with Crippen molar-refractivity contribution in [2.24, 2.45) is 11.7 Å². The van der Waals surface area contributed by atoms with Gasteiger partial charge in [0.1, 0.15) is 0 Å². The molecule has 0 saturated heterocycles. The van der Waals surface area contributed by atoms with Crippen molar-refractivity contribution in [1.29, 1.82) is 0 Å². The van der Waals surface area contributed by atoms with Crippen molar-refractivity contribution in [2.75, 3.05) is 0 Å². The molecule has 2 N–H and O–H groups in total. The van der Waals surface area contributed by atoms with Crippen LogP contribution in [0, 0.1) is 5.92 Å². The minimum atomic E-state index is 0.206. The molecule has 94 valence electrons. The highest BCUT2D eigenvalue weighted by Crippen LogP contribution is 2.39. The lowest BCUT2D eigenvalue weighted by atomic mass is 10.1. The summed E-state index contributed by atoms with van der Waals surface area (Å²) in [5.74, 6) is 0.696. The zero-order valence-corrected chi connectivity index (χ0v) is 11.0. The van der Waals surface area contributed by atoms with E-state index in [2.05, 4.69) is 29.1 Å². The van der Waals surface area contributed by atoms with Crippen molar-refractivity contribution in [1.82, 2.24) is 4.57 Å². The second-order valence-electron chi connectivity index (χ2n) is 5.07. The molecule has 3 heteroatoms. The maximum absolute atomic E-state index is 6.20. The van der Waals surface area contributed by atoms with Crippen molar-refractivity contribution in [2.45, 2.75) is 25.4 Å². The fourth-order valence-electron chi connectivity index (χ4n) is 2.31. The van der Waals surface area contributed by atoms with Crippen molar-refractivity contribution < 1.29 is 0 Å². The molecule has 18 heavy (non-hydrogen) atoms. The molecule has 1 saturated carbocycles. The summed E-state index contributed by atoms with van der Waals surface area (Å²) in [6.07, 6.45) is 6.78. The van der Waals surface area contributed by atoms with E-state index < -0.39 is 0 Å². The summed E-state index contributed by atoms with van der Waals surface area (Å²) in [6, 6.07) is 10.3. The molecule has 1 unspecified atom stereocenters. The molecule has 1 aromatic carbocycles. The van der Waals surface area contributed by atoms with Crippen molar-refractivity contribution in [3.05, 3.63) is 58.9 Å². The number of aromatic nitrogens is 1. The number of halogens is 1. The van der Waals surface area contributed by atoms with Gasteiger partial charge in [0.25, 0.3) is 0 Å². The first-order valence-electron chi connectivity index (χ1n) is 6.39. The van der Waals surface area contributed by atoms with Crippen LogP contribution in [0.5, 0.6) is 0 Å². The highest BCUT2D eigenvalue weighted by Gasteiger charge is 2.29. The summed E-state index contributed by atoms with van der Waals surface area (Å²) >= 11 is 6.17. The summed E-state index contributed by atoms with van der Waals surface area (Å²) in [7, 11) is 0. The Morgan fingerprint density at radius 1 is 1.28 bits per heavy atom. The monoisotopic (exact) mass is 260 g/mol. The van der Waals surface area contributed by atoms with Crippen LogP contribution < -0.4 is 5.73 Å². The zero-order valence-electron chi connectivity index (χ0n) is 10.2. The van der Waals surface area contributed by atoms with Gasteiger partial charge in [-0.1, -0.05) is 29.8 Å². The summed E-state index contributed by atoms with van der Waals surface area (Å²) in [5.41, 5.74) is 8.58. The predicted octanol–water partition coefficient (Wildman–Crippen LogP) is 3.60. The fourth-order valence-corrected chi connectivity index (χ4v) is 2.50. The smallest absolute Gasteiger partial charge is 0.0485 e. The van der Waals surface area contributed by atoms with Gasteiger partial charge in [0, 0.05) is 30.0 Å². The van der Waals surface area contributed by atoms with Crippen LogP contribution in [0.3, 0.4) is 0 Å². The van der Waals surface area contributed by atoms with Crippen molar-refractivity contribution >= 4 is 11.6 Å². The Labute approximate surface area is 112 Å². The molecule has 1 fully saturated rings. The van der Waals surface area contributed by atoms with E-state index in [4.69, 9.17) is 17.3 Å². The van der Waals surface area contributed by atoms with Gasteiger partial charge in [-0.25, -0.2) is 0 Å². The van der Waals surface area contributed by atoms with E-state index >= 15 is 0 Å². The van der Waals surface area contributed by atoms with Crippen LogP contribution in [-0.2, 0) is 6.54 Å². The lowest BCUT2D eigenvalue weighted by Gasteiger charge is -2.08. The molecule has 1 aliphatic carbocycles. The fraction of sp³-hybridized carbons (Fsp3) is 0.333. The molecule has 1 atom stereocenters. The molecule has 2 aromatic rings. The third-order valence-corrected chi connectivity index (χ3v) is 3.97. The molecular formula is C15H17ClN2. The van der Waals surface area contributed by atoms with Crippen LogP contribution >= 0.6 is 11.6 Å². The SMILES string of the molecule is NC(c1ccn(Cc2ccccc2Cl)c1)C1CC1. The normalized spacial score (nSPS) is 16.8. The zero-order chi connectivity index (χ0) is 12.5. The Morgan fingerprint density at radius 2 is 2.06 bits per heavy atom. The molecule has 1 aliphatic rings. The molecule has 2 nitrogen and oxygen atoms in total. The number of benzene rings is 1. The minimum Gasteiger partial charge on any atom is -0.350 e. The third-order valence-electron chi connectivity index (χ3n) is 3.60. The Balaban J connectivity index is 1.75. The van der Waals surface area contributed by atoms with Gasteiger partial charge in [0.2, 0.25) is 0 Å². The lowest BCUT2D eigenvalue weighted by Crippen LogP contribution is -2.11. The van der Waals surface area contributed by atoms with Crippen LogP contribution in [-0.4, -0.2) is 4.57 Å². The number of hydrogen-bond donors (Lipinski definition) is 1. The Kier molecular flexibility index (Phi) is 3.14. The average Bonchev–Trinajstić information content (AvgIpc) is 3.12. The highest BCUT2D eigenvalue weighted by molar-refractivity contribution is 6.31. The van der Waals surface area contributed by atoms with E-state index in [9.17, 15) is 0 Å². The van der Waals surface area contributed by atoms with Crippen LogP contribution in [0.1, 0.15) is 30.0 Å². The topological polar surface area (TPSA) is 30.9 Å². The molecule has 0 spiro atoms. The molecule has 0 radical (unpaired) electrons. The van der Waals surface area contributed by atoms with E-state index in [0.717, 1.165) is 17.1 Å². The summed E-state index contributed by atoms with van der Waals surface area (Å²) in [6.45, 7) is 0.803. The van der Waals surface area contributed by atoms with E-state index in [1.807, 2.05) is 18.2 Å². The Hall–Kier alpha value is -1.25. The van der Waals surface area contributed by atoms with E-state index in [0.29, 0.717) is 5.92 Å². The van der Waals surface area contributed by atoms with Crippen molar-refractivity contribution in [3.63, 3.8) is 0 Å². The van der Waals surface area contributed by atoms with E-state index in [-0.39, 0.29) is 6.04 Å². The maximum Gasteiger partial charge on any atom is 0.0485 e. The van der Waals surface area contributed by atoms with Gasteiger partial charge in [-0.2, -0.15) is 0 Å². The number of hydrogen-bond acceptors (Lipinski definition) is 1. The van der Waals surface area contributed by atoms with Crippen LogP contribution in [0.4, 0.5) is 0 Å². The average molecular weight is 261 g/mol. The van der Waals surface area contributed by atoms with Crippen LogP contribution in [0.15, 0.2) is 42.7 Å². The Bertz CT molecular complexity index is 543. The van der Waals surface area contributed by atoms with Gasteiger partial charge in [-0.3, -0.25) is 0 Å². The molecule has 0 amide bonds. The van der Waals surface area contributed by atoms with Crippen molar-refractivity contribution in [3.8, 4) is 0 Å². The predicted molar refractivity (Wildman–Crippen MR) is 74.6 cm³/mol. The molecule has 1 aromatic heterocycles. The second kappa shape index (κ2) is 4.79. The summed E-state index contributed by atoms with van der Waals surface area (Å²) < 4.78 is 2.15. The third kappa shape index (κ3) is 2.45. The van der Waals surface area contributed by atoms with Crippen LogP contribution in [0.25, 0.3) is 0 Å². The first-order valence-corrected chi connectivity index (χ1v) is 6.76. The molecule has 1 heterocycles. The van der Waals surface area contributed by atoms with Gasteiger partial charge in [0.05, 0.1) is 0 Å². The quantitative estimate of drug-likeness (QED) is 0.895. The first kappa shape index (κ1) is 11.8. The lowest BCUT2D eigenvalue weighted by molar-refractivity contribution is 0.631. The maximum atomic E-state index is 6.20. The van der Waals surface area contributed by atoms with Gasteiger partial charge in [-0.05, 0) is 42.0 Å². The molecular weight excluding hydrogens is 244 g/mol. The number of nitrogens with two attached hydrogens (primary N) is 1. The largest absolute Gasteiger partial charge is 0.350 e. The highest BCUT2D eigenvalue weighted by atomic mass is 35.5. The molecule has 3 rings (SSSR count). The van der Waals surface area contributed by atoms with Gasteiger partial charge >= 0.3 is 0 Å². The van der Waals surface area contributed by atoms with Gasteiger partial charge in [0.15, 0.2) is 0 Å². The first-order chi connectivity index (χ1) is 8.74. The van der Waals surface area contributed by atoms with E-state index in [1.165, 1.54) is 18.4 Å². The Morgan fingerprint density at radius 3 is 2.78 bits per heavy atom. The summed E-state index contributed by atoms with van der Waals surface area (Å²) in [5, 5.41) is 0.819. The van der Waals surface area contributed by atoms with Gasteiger partial charge < -0.3 is 10.3 Å². The van der Waals surface area contributed by atoms with Gasteiger partial charge in [-0.15, -0.1) is 0 Å². The number of nitrogens with zero attached hydrogens (tertiary/aromatic N) is 1. The van der Waals surface area contributed by atoms with E-state index in [1.54, 1.807) is 0 Å². The standard InChI is InChI=1S/C15H17ClN2/c16-14-4-2-1-3-12(14)9-18-8-7-13(10-18)15(17)11-5-6-11/h1-4,7-8,10-11,15H,5-6,9,17H2. The minimum absolute atomic E-state index is 0.206. The second-order valence-corrected chi connectivity index (χ2v) is 5.48. The number of rotatable bonds is 4. The summed E-state index contributed by atoms with van der Waals surface area (Å²) in [4.78, 5) is 0. The molecule has 0 aliphatic heterocycles.